The second-order valence-corrected chi connectivity index (χ2v) is 70.2. The summed E-state index contributed by atoms with van der Waals surface area (Å²) in [7, 11) is 0. The third kappa shape index (κ3) is 25.4. The Morgan fingerprint density at radius 2 is 0.619 bits per heavy atom. The molecule has 0 amide bonds. The van der Waals surface area contributed by atoms with Crippen LogP contribution >= 0.6 is 52.9 Å². The zero-order valence-electron chi connectivity index (χ0n) is 86.3. The number of H-pyrrole nitrogens is 6. The van der Waals surface area contributed by atoms with Crippen molar-refractivity contribution in [2.45, 2.75) is 239 Å². The van der Waals surface area contributed by atoms with Crippen molar-refractivity contribution < 1.29 is 83.5 Å². The van der Waals surface area contributed by atoms with E-state index in [2.05, 4.69) is 207 Å². The second-order valence-electron chi connectivity index (χ2n) is 43.7. The van der Waals surface area contributed by atoms with Gasteiger partial charge >= 0.3 is 0 Å². The van der Waals surface area contributed by atoms with Gasteiger partial charge in [-0.3, -0.25) is 56.2 Å². The first kappa shape index (κ1) is 114. The molecule has 0 saturated carbocycles. The van der Waals surface area contributed by atoms with Crippen molar-refractivity contribution in [2.75, 3.05) is 124 Å². The Labute approximate surface area is 851 Å². The molecule has 808 valence electrons. The van der Waals surface area contributed by atoms with Crippen LogP contribution in [0.15, 0.2) is 66.7 Å². The van der Waals surface area contributed by atoms with Crippen LogP contribution in [0.5, 0.6) is 0 Å². The Morgan fingerprint density at radius 1 is 0.361 bits per heavy atom. The van der Waals surface area contributed by atoms with Gasteiger partial charge in [-0.1, -0.05) is 0 Å². The van der Waals surface area contributed by atoms with Crippen LogP contribution in [0.4, 0.5) is 4.39 Å². The van der Waals surface area contributed by atoms with Gasteiger partial charge in [0.1, 0.15) is 106 Å². The average Bonchev–Trinajstić information content (AvgIpc) is 1.56. The Hall–Kier alpha value is -8.52. The number of aliphatic hydroxyl groups is 9. The minimum atomic E-state index is -1.61. The summed E-state index contributed by atoms with van der Waals surface area (Å²) in [6.07, 6.45) is 26.3. The van der Waals surface area contributed by atoms with Crippen LogP contribution in [0.2, 0.25) is 0 Å². The van der Waals surface area contributed by atoms with Crippen molar-refractivity contribution in [1.82, 2.24) is 117 Å². The number of hydrogen-bond acceptors (Lipinski definition) is 34. The number of ether oxygens (including phenoxy) is 7. The molecular formula is C93H140ClFN24O22P6. The number of fused-ring (bicyclic) bond motifs is 8. The van der Waals surface area contributed by atoms with E-state index in [1.54, 1.807) is 50.7 Å². The lowest BCUT2D eigenvalue weighted by Gasteiger charge is -2.32. The van der Waals surface area contributed by atoms with Gasteiger partial charge < -0.3 is 109 Å². The number of nitrogens with zero attached hydrogens (tertiary/aromatic N) is 18. The fourth-order valence-electron chi connectivity index (χ4n) is 18.5. The molecule has 15 N–H and O–H groups in total. The summed E-state index contributed by atoms with van der Waals surface area (Å²) >= 11 is 6.40. The predicted octanol–water partition coefficient (Wildman–Crippen LogP) is 4.29. The summed E-state index contributed by atoms with van der Waals surface area (Å²) < 4.78 is 65.5. The number of nitrogens with one attached hydrogen (secondary N) is 6. The third-order valence-electron chi connectivity index (χ3n) is 26.6. The quantitative estimate of drug-likeness (QED) is 0.0296. The number of rotatable bonds is 24. The van der Waals surface area contributed by atoms with E-state index >= 15 is 0 Å². The summed E-state index contributed by atoms with van der Waals surface area (Å²) in [5, 5.41) is 94.2. The van der Waals surface area contributed by atoms with Gasteiger partial charge in [-0.2, -0.15) is 0 Å². The van der Waals surface area contributed by atoms with Crippen LogP contribution in [0, 0.1) is 41.5 Å². The van der Waals surface area contributed by atoms with Gasteiger partial charge in [0.15, 0.2) is 111 Å². The van der Waals surface area contributed by atoms with Crippen molar-refractivity contribution >= 4 is 158 Å². The standard InChI is InChI=1S/C16H23N4O4P.2C16H25N4O4P.C15H22ClN4O3P.C15H22FN4O3P.C15H23N4O4P/c1-9-18-13-10(14(22)19-9)17-8-20(13)15-11-12(21)16(24-15,7-23-11)5-6-25(2,3)4;2*1-9-18-13-11(14(22)19-9)17-8-20(13)15-16(2,23)12(21)10(24-15)6-7-25(3,4)5;2*1-8-18-13-11(14(22)19-8)17-7-20(13)15-10(16)12(21)9(23-15)5-6-24(2,3)4;1-8-17-13-10(14(22)18-8)16-7-19(13)15-12(21)11(20)9(23-15)5-6-24(2,3)4/h8,11-12,15,21H,2,5-7H2,1,3-4H3,(H,18,19,22);2*8,10,12,15,21,23H,3,6-7H2,1-2,4-5H3,(H,18,19,22);2*7,9-10,12,15,21H,2,5-6H2,1,3-4H3,(H,18,19,22);7,9,11-12,15,20-21H,2,5-6H2,1,3-4H3,(H,17,18,22)/t11-,12+,15?,16+;10-,12-,15?,16+;10-,12-,15?,16-;2*9-,10-,12-,15?;9-,11-,12-,15?/m111111/s1. The maximum Gasteiger partial charge on any atom is 0.279 e. The summed E-state index contributed by atoms with van der Waals surface area (Å²) in [6, 6.07) is 0. The summed E-state index contributed by atoms with van der Waals surface area (Å²) in [6.45, 7) is 31.5. The second kappa shape index (κ2) is 43.6. The molecule has 12 aromatic rings. The number of imidazole rings is 6. The summed E-state index contributed by atoms with van der Waals surface area (Å²) in [4.78, 5) is 138. The number of aromatic nitrogens is 24. The van der Waals surface area contributed by atoms with Crippen molar-refractivity contribution in [1.29, 1.82) is 0 Å². The molecule has 2 bridgehead atoms. The molecule has 0 radical (unpaired) electrons. The van der Waals surface area contributed by atoms with Crippen molar-refractivity contribution in [3.8, 4) is 0 Å². The molecule has 7 saturated heterocycles. The molecule has 24 atom stereocenters. The van der Waals surface area contributed by atoms with Crippen molar-refractivity contribution in [2.24, 2.45) is 0 Å². The van der Waals surface area contributed by atoms with E-state index in [0.717, 1.165) is 37.0 Å². The summed E-state index contributed by atoms with van der Waals surface area (Å²) in [5.41, 5.74) is -2.58. The van der Waals surface area contributed by atoms with Crippen LogP contribution in [-0.4, -0.2) is 432 Å². The fraction of sp³-hybridized carbons (Fsp3) is 0.613. The van der Waals surface area contributed by atoms with Gasteiger partial charge in [0.2, 0.25) is 0 Å². The zero-order chi connectivity index (χ0) is 108. The first-order valence-corrected chi connectivity index (χ1v) is 66.7. The highest BCUT2D eigenvalue weighted by atomic mass is 35.5. The molecule has 19 heterocycles. The number of alkyl halides is 2. The third-order valence-corrected chi connectivity index (χ3v) is 35.8. The van der Waals surface area contributed by atoms with E-state index in [0.29, 0.717) is 108 Å². The monoisotopic (exact) mass is 2180 g/mol. The maximum atomic E-state index is 14.6. The molecule has 54 heteroatoms. The SMILES string of the molecule is C=P(C)(C)CC[C@@]12CO[C@@H](C(n3cnc4c(=O)[nH]c(C)nc43)O1)[C@@H]2O.C=P(C)(C)CC[C@H]1OC(n2cnc3c(=O)[nH]c(C)nc32)[C@@](C)(O)[C@@H]1O.C=P(C)(C)CC[C@H]1OC(n2cnc3c(=O)[nH]c(C)nc32)[C@H](Cl)[C@@H]1O.C=P(C)(C)CC[C@H]1OC(n2cnc3c(=O)[nH]c(C)nc32)[C@H](F)[C@@H]1O.C=P(C)(C)CC[C@H]1OC(n2cnc3c(=O)[nH]c(C)nc32)[C@H](O)[C@@H]1O.C=P(C)(C)CC[C@H]1OC(n2cnc3c(=O)[nH]c(C)nc32)[C@](C)(O)[C@@H]1O. The molecule has 46 nitrogen and oxygen atoms in total. The Bertz CT molecular complexity index is 7080. The number of aliphatic hydroxyl groups excluding tert-OH is 7. The van der Waals surface area contributed by atoms with Crippen LogP contribution in [-0.2, 0) is 33.2 Å². The maximum absolute atomic E-state index is 14.6. The van der Waals surface area contributed by atoms with E-state index in [1.165, 1.54) is 70.1 Å². The molecule has 147 heavy (non-hydrogen) atoms. The van der Waals surface area contributed by atoms with Gasteiger partial charge in [-0.05, 0) is 211 Å². The highest BCUT2D eigenvalue weighted by Gasteiger charge is 2.62. The van der Waals surface area contributed by atoms with Crippen LogP contribution < -0.4 is 33.4 Å². The molecule has 12 aromatic heterocycles. The molecule has 7 aliphatic heterocycles. The Balaban J connectivity index is 0.000000139. The van der Waals surface area contributed by atoms with E-state index in [1.807, 2.05) is 0 Å². The van der Waals surface area contributed by atoms with E-state index < -0.39 is 180 Å². The molecule has 0 aliphatic carbocycles. The minimum Gasteiger partial charge on any atom is -0.389 e. The van der Waals surface area contributed by atoms with E-state index in [-0.39, 0.29) is 78.2 Å². The van der Waals surface area contributed by atoms with Gasteiger partial charge in [0.25, 0.3) is 33.4 Å². The lowest BCUT2D eigenvalue weighted by Crippen LogP contribution is -2.43. The number of hydrogen-bond donors (Lipinski definition) is 15. The number of aryl methyl sites for hydroxylation is 6. The highest BCUT2D eigenvalue weighted by Crippen LogP contribution is 2.52. The Morgan fingerprint density at radius 3 is 0.939 bits per heavy atom. The molecule has 6 unspecified atom stereocenters. The molecule has 7 fully saturated rings. The minimum absolute atomic E-state index is 0.124. The largest absolute Gasteiger partial charge is 0.389 e. The lowest BCUT2D eigenvalue weighted by molar-refractivity contribution is -0.172. The zero-order valence-corrected chi connectivity index (χ0v) is 92.5. The summed E-state index contributed by atoms with van der Waals surface area (Å²) in [5.74, 6) is 2.72. The Kier molecular flexibility index (Phi) is 33.8. The average molecular weight is 2190 g/mol. The fourth-order valence-corrected chi connectivity index (χ4v) is 24.6. The first-order chi connectivity index (χ1) is 68.2. The lowest BCUT2D eigenvalue weighted by atomic mass is 9.95. The molecule has 0 aromatic carbocycles. The smallest absolute Gasteiger partial charge is 0.279 e. The topological polar surface area (TPSA) is 628 Å². The predicted molar refractivity (Wildman–Crippen MR) is 580 cm³/mol. The normalized spacial score (nSPS) is 29.4. The van der Waals surface area contributed by atoms with Crippen molar-refractivity contribution in [3.05, 3.63) is 135 Å². The van der Waals surface area contributed by atoms with Gasteiger partial charge in [0, 0.05) is 0 Å². The van der Waals surface area contributed by atoms with E-state index in [4.69, 9.17) is 44.8 Å². The van der Waals surface area contributed by atoms with Gasteiger partial charge in [-0.15, -0.1) is 90.7 Å². The molecule has 19 rings (SSSR count). The first-order valence-electron chi connectivity index (χ1n) is 47.9. The van der Waals surface area contributed by atoms with Crippen LogP contribution in [0.3, 0.4) is 0 Å². The molecule has 7 aliphatic rings. The van der Waals surface area contributed by atoms with Crippen LogP contribution in [0.1, 0.15) is 125 Å². The molecule has 0 spiro atoms. The van der Waals surface area contributed by atoms with Crippen LogP contribution in [0.25, 0.3) is 67.0 Å². The highest BCUT2D eigenvalue weighted by molar-refractivity contribution is 7.73. The van der Waals surface area contributed by atoms with Gasteiger partial charge in [-0.25, -0.2) is 64.2 Å². The number of halogens is 2. The van der Waals surface area contributed by atoms with Gasteiger partial charge in [0.05, 0.1) is 75.1 Å². The molecular weight excluding hydrogens is 2050 g/mol. The van der Waals surface area contributed by atoms with E-state index in [9.17, 15) is 79.1 Å². The van der Waals surface area contributed by atoms with Crippen molar-refractivity contribution in [3.63, 3.8) is 0 Å². The number of aromatic amines is 6.